The molecule has 2 aromatic carbocycles. The second kappa shape index (κ2) is 7.42. The first-order valence-corrected chi connectivity index (χ1v) is 7.85. The van der Waals surface area contributed by atoms with Crippen molar-refractivity contribution >= 4 is 38.3 Å². The van der Waals surface area contributed by atoms with Gasteiger partial charge in [-0.3, -0.25) is 4.79 Å². The Morgan fingerprint density at radius 3 is 1.95 bits per heavy atom. The van der Waals surface area contributed by atoms with Crippen LogP contribution in [0.25, 0.3) is 0 Å². The molecule has 21 heavy (non-hydrogen) atoms. The molecule has 0 aromatic heterocycles. The molecule has 0 aliphatic rings. The topological polar surface area (TPSA) is 17.1 Å². The Kier molecular flexibility index (Phi) is 6.42. The summed E-state index contributed by atoms with van der Waals surface area (Å²) in [5, 5.41) is 1.16. The van der Waals surface area contributed by atoms with Crippen molar-refractivity contribution in [3.05, 3.63) is 63.7 Å². The monoisotopic (exact) mass is 291 g/mol. The molecule has 2 rings (SSSR count). The van der Waals surface area contributed by atoms with Crippen LogP contribution >= 0.6 is 8.58 Å². The molecule has 105 valence electrons. The van der Waals surface area contributed by atoms with E-state index in [0.29, 0.717) is 0 Å². The maximum Gasteiger partial charge on any atom is 0.186 e. The van der Waals surface area contributed by atoms with Crippen LogP contribution in [0, 0.1) is 34.6 Å². The first kappa shape index (κ1) is 18.2. The molecule has 0 heterocycles. The molecule has 0 spiro atoms. The molecule has 0 saturated carbocycles. The van der Waals surface area contributed by atoms with E-state index in [0.717, 1.165) is 22.0 Å². The Hall–Kier alpha value is -0.863. The summed E-state index contributed by atoms with van der Waals surface area (Å²) in [6.45, 7) is 10.3. The average molecular weight is 291 g/mol. The van der Waals surface area contributed by atoms with Gasteiger partial charge in [-0.2, -0.15) is 0 Å². The van der Waals surface area contributed by atoms with E-state index in [1.165, 1.54) is 16.7 Å². The largest absolute Gasteiger partial charge is 0.289 e. The third-order valence-corrected chi connectivity index (χ3v) is 4.83. The maximum absolute atomic E-state index is 12.6. The SMILES string of the molecule is Cc1cc(C)c(C(=O)Pc2cc(C)ccc2C)c(C)c1.[Li]. The van der Waals surface area contributed by atoms with Crippen molar-refractivity contribution in [1.29, 1.82) is 0 Å². The van der Waals surface area contributed by atoms with Crippen LogP contribution < -0.4 is 5.30 Å². The van der Waals surface area contributed by atoms with Crippen LogP contribution in [0.4, 0.5) is 0 Å². The minimum atomic E-state index is 0. The van der Waals surface area contributed by atoms with Gasteiger partial charge < -0.3 is 0 Å². The number of carbonyl (C=O) groups excluding carboxylic acids is 1. The molecule has 0 aliphatic heterocycles. The van der Waals surface area contributed by atoms with Gasteiger partial charge in [0, 0.05) is 24.4 Å². The average Bonchev–Trinajstić information content (AvgIpc) is 2.32. The molecule has 2 aromatic rings. The summed E-state index contributed by atoms with van der Waals surface area (Å²) in [6.07, 6.45) is 0. The van der Waals surface area contributed by atoms with E-state index in [4.69, 9.17) is 0 Å². The minimum Gasteiger partial charge on any atom is -0.289 e. The summed E-state index contributed by atoms with van der Waals surface area (Å²) in [7, 11) is 0.202. The Labute approximate surface area is 141 Å². The molecule has 1 unspecified atom stereocenters. The Morgan fingerprint density at radius 1 is 0.810 bits per heavy atom. The van der Waals surface area contributed by atoms with Crippen LogP contribution in [-0.4, -0.2) is 24.4 Å². The van der Waals surface area contributed by atoms with Crippen molar-refractivity contribution in [3.63, 3.8) is 0 Å². The number of benzene rings is 2. The van der Waals surface area contributed by atoms with Crippen LogP contribution in [0.1, 0.15) is 38.2 Å². The van der Waals surface area contributed by atoms with Crippen molar-refractivity contribution in [2.45, 2.75) is 34.6 Å². The number of carbonyl (C=O) groups is 1. The van der Waals surface area contributed by atoms with Crippen molar-refractivity contribution < 1.29 is 4.79 Å². The summed E-state index contributed by atoms with van der Waals surface area (Å²) in [6, 6.07) is 10.5. The fourth-order valence-electron chi connectivity index (χ4n) is 2.59. The van der Waals surface area contributed by atoms with Crippen molar-refractivity contribution in [3.8, 4) is 0 Å². The van der Waals surface area contributed by atoms with Crippen LogP contribution in [0.2, 0.25) is 0 Å². The van der Waals surface area contributed by atoms with Crippen molar-refractivity contribution in [2.24, 2.45) is 0 Å². The Bertz CT molecular complexity index is 654. The van der Waals surface area contributed by atoms with Gasteiger partial charge >= 0.3 is 0 Å². The molecule has 0 N–H and O–H groups in total. The molecular formula is C18H21LiOP. The third kappa shape index (κ3) is 4.30. The van der Waals surface area contributed by atoms with Gasteiger partial charge in [-0.15, -0.1) is 0 Å². The molecule has 0 amide bonds. The van der Waals surface area contributed by atoms with E-state index in [-0.39, 0.29) is 33.0 Å². The zero-order valence-electron chi connectivity index (χ0n) is 13.8. The fourth-order valence-corrected chi connectivity index (χ4v) is 3.94. The fraction of sp³-hybridized carbons (Fsp3) is 0.278. The van der Waals surface area contributed by atoms with Crippen LogP contribution in [-0.2, 0) is 0 Å². The quantitative estimate of drug-likeness (QED) is 0.617. The van der Waals surface area contributed by atoms with Gasteiger partial charge in [0.15, 0.2) is 5.52 Å². The van der Waals surface area contributed by atoms with Crippen LogP contribution in [0.3, 0.4) is 0 Å². The van der Waals surface area contributed by atoms with Gasteiger partial charge in [0.1, 0.15) is 0 Å². The summed E-state index contributed by atoms with van der Waals surface area (Å²) in [4.78, 5) is 12.6. The van der Waals surface area contributed by atoms with E-state index in [9.17, 15) is 4.79 Å². The predicted molar refractivity (Wildman–Crippen MR) is 94.6 cm³/mol. The van der Waals surface area contributed by atoms with Crippen LogP contribution in [0.15, 0.2) is 30.3 Å². The molecule has 0 bridgehead atoms. The Morgan fingerprint density at radius 2 is 1.38 bits per heavy atom. The van der Waals surface area contributed by atoms with Crippen LogP contribution in [0.5, 0.6) is 0 Å². The zero-order chi connectivity index (χ0) is 14.9. The van der Waals surface area contributed by atoms with Crippen molar-refractivity contribution in [1.82, 2.24) is 0 Å². The second-order valence-corrected chi connectivity index (χ2v) is 6.79. The first-order chi connectivity index (χ1) is 9.38. The number of hydrogen-bond acceptors (Lipinski definition) is 1. The van der Waals surface area contributed by atoms with E-state index in [2.05, 4.69) is 51.1 Å². The third-order valence-electron chi connectivity index (χ3n) is 3.55. The van der Waals surface area contributed by atoms with E-state index >= 15 is 0 Å². The summed E-state index contributed by atoms with van der Waals surface area (Å²) >= 11 is 0. The summed E-state index contributed by atoms with van der Waals surface area (Å²) < 4.78 is 0. The van der Waals surface area contributed by atoms with E-state index in [1.54, 1.807) is 0 Å². The molecule has 1 nitrogen and oxygen atoms in total. The molecular weight excluding hydrogens is 270 g/mol. The van der Waals surface area contributed by atoms with Gasteiger partial charge in [-0.05, 0) is 65.2 Å². The van der Waals surface area contributed by atoms with Gasteiger partial charge in [-0.25, -0.2) is 0 Å². The summed E-state index contributed by atoms with van der Waals surface area (Å²) in [5.41, 5.74) is 6.94. The standard InChI is InChI=1S/C18H21OP.Li/c1-11-6-7-13(3)16(10-11)20-18(19)17-14(4)8-12(2)9-15(17)5;/h6-10,20H,1-5H3;. The van der Waals surface area contributed by atoms with E-state index < -0.39 is 0 Å². The predicted octanol–water partition coefficient (Wildman–Crippen LogP) is 3.99. The van der Waals surface area contributed by atoms with E-state index in [1.807, 2.05) is 13.8 Å². The van der Waals surface area contributed by atoms with Crippen molar-refractivity contribution in [2.75, 3.05) is 0 Å². The van der Waals surface area contributed by atoms with Gasteiger partial charge in [-0.1, -0.05) is 41.5 Å². The maximum atomic E-state index is 12.6. The number of hydrogen-bond donors (Lipinski definition) is 0. The Balaban J connectivity index is 0.00000220. The zero-order valence-corrected chi connectivity index (χ0v) is 14.8. The molecule has 1 radical (unpaired) electrons. The smallest absolute Gasteiger partial charge is 0.186 e. The molecule has 3 heteroatoms. The first-order valence-electron chi connectivity index (χ1n) is 6.85. The summed E-state index contributed by atoms with van der Waals surface area (Å²) in [5.74, 6) is 0. The minimum absolute atomic E-state index is 0. The number of aryl methyl sites for hydroxylation is 5. The second-order valence-electron chi connectivity index (χ2n) is 5.55. The molecule has 0 fully saturated rings. The van der Waals surface area contributed by atoms with Gasteiger partial charge in [0.2, 0.25) is 0 Å². The molecule has 1 atom stereocenters. The molecule has 0 aliphatic carbocycles. The number of rotatable bonds is 3. The molecule has 0 saturated heterocycles. The normalized spacial score (nSPS) is 10.7. The van der Waals surface area contributed by atoms with Gasteiger partial charge in [0.25, 0.3) is 0 Å². The van der Waals surface area contributed by atoms with Gasteiger partial charge in [0.05, 0.1) is 0 Å².